The Labute approximate surface area is 115 Å². The molecule has 0 unspecified atom stereocenters. The van der Waals surface area contributed by atoms with E-state index in [1.54, 1.807) is 0 Å². The van der Waals surface area contributed by atoms with Gasteiger partial charge in [-0.2, -0.15) is 0 Å². The molecule has 3 nitrogen and oxygen atoms in total. The number of anilines is 1. The number of nitrogens with one attached hydrogen (secondary N) is 1. The highest BCUT2D eigenvalue weighted by molar-refractivity contribution is 9.10. The second-order valence-corrected chi connectivity index (χ2v) is 5.48. The third-order valence-electron chi connectivity index (χ3n) is 3.23. The molecule has 2 aromatic rings. The number of ether oxygens (including phenoxy) is 1. The fraction of sp³-hybridized carbons (Fsp3) is 0.357. The molecule has 0 aliphatic carbocycles. The Morgan fingerprint density at radius 2 is 1.94 bits per heavy atom. The van der Waals surface area contributed by atoms with Crippen LogP contribution in [-0.2, 0) is 4.74 Å². The molecule has 4 heteroatoms. The molecule has 0 radical (unpaired) electrons. The lowest BCUT2D eigenvalue weighted by Gasteiger charge is -2.23. The van der Waals surface area contributed by atoms with Crippen LogP contribution in [0.25, 0.3) is 10.9 Å². The molecular formula is C14H15BrN2O. The lowest BCUT2D eigenvalue weighted by molar-refractivity contribution is 0.0904. The summed E-state index contributed by atoms with van der Waals surface area (Å²) >= 11 is 3.48. The molecule has 1 saturated heterocycles. The highest BCUT2D eigenvalue weighted by Crippen LogP contribution is 2.21. The Hall–Kier alpha value is -1.13. The molecule has 3 rings (SSSR count). The van der Waals surface area contributed by atoms with E-state index in [0.717, 1.165) is 47.2 Å². The number of benzene rings is 1. The summed E-state index contributed by atoms with van der Waals surface area (Å²) in [5.41, 5.74) is 1.02. The molecular weight excluding hydrogens is 292 g/mol. The summed E-state index contributed by atoms with van der Waals surface area (Å²) in [6, 6.07) is 10.8. The second-order valence-electron chi connectivity index (χ2n) is 4.56. The molecule has 2 heterocycles. The maximum Gasteiger partial charge on any atom is 0.126 e. The van der Waals surface area contributed by atoms with Gasteiger partial charge in [0.05, 0.1) is 5.52 Å². The maximum absolute atomic E-state index is 5.36. The quantitative estimate of drug-likeness (QED) is 0.920. The first kappa shape index (κ1) is 11.9. The van der Waals surface area contributed by atoms with Crippen molar-refractivity contribution in [3.05, 3.63) is 34.8 Å². The van der Waals surface area contributed by atoms with Crippen LogP contribution in [-0.4, -0.2) is 24.2 Å². The lowest BCUT2D eigenvalue weighted by Crippen LogP contribution is -2.28. The van der Waals surface area contributed by atoms with Gasteiger partial charge in [0.25, 0.3) is 0 Å². The van der Waals surface area contributed by atoms with Gasteiger partial charge in [-0.05, 0) is 37.1 Å². The van der Waals surface area contributed by atoms with E-state index in [9.17, 15) is 0 Å². The minimum atomic E-state index is 0.482. The Morgan fingerprint density at radius 1 is 1.17 bits per heavy atom. The van der Waals surface area contributed by atoms with Crippen molar-refractivity contribution in [3.63, 3.8) is 0 Å². The third-order valence-corrected chi connectivity index (χ3v) is 3.72. The monoisotopic (exact) mass is 306 g/mol. The molecule has 94 valence electrons. The standard InChI is InChI=1S/C14H15BrN2O/c15-11-3-1-10-2-4-14(17-13(10)9-11)16-12-5-7-18-8-6-12/h1-4,9,12H,5-8H2,(H,16,17). The normalized spacial score (nSPS) is 16.9. The second kappa shape index (κ2) is 5.24. The summed E-state index contributed by atoms with van der Waals surface area (Å²) in [5.74, 6) is 0.951. The number of halogens is 1. The smallest absolute Gasteiger partial charge is 0.126 e. The highest BCUT2D eigenvalue weighted by Gasteiger charge is 2.13. The molecule has 1 aliphatic rings. The van der Waals surface area contributed by atoms with Gasteiger partial charge in [0.1, 0.15) is 5.82 Å². The minimum absolute atomic E-state index is 0.482. The van der Waals surface area contributed by atoms with Crippen molar-refractivity contribution >= 4 is 32.7 Å². The van der Waals surface area contributed by atoms with Crippen LogP contribution in [0.1, 0.15) is 12.8 Å². The Kier molecular flexibility index (Phi) is 3.48. The molecule has 1 aromatic carbocycles. The summed E-state index contributed by atoms with van der Waals surface area (Å²) in [4.78, 5) is 4.65. The van der Waals surface area contributed by atoms with Crippen LogP contribution >= 0.6 is 15.9 Å². The van der Waals surface area contributed by atoms with Crippen LogP contribution in [0.2, 0.25) is 0 Å². The maximum atomic E-state index is 5.36. The van der Waals surface area contributed by atoms with Crippen molar-refractivity contribution in [2.75, 3.05) is 18.5 Å². The average Bonchev–Trinajstić information content (AvgIpc) is 2.39. The van der Waals surface area contributed by atoms with Crippen molar-refractivity contribution in [1.82, 2.24) is 4.98 Å². The molecule has 0 atom stereocenters. The predicted molar refractivity (Wildman–Crippen MR) is 76.9 cm³/mol. The first-order valence-corrected chi connectivity index (χ1v) is 7.01. The van der Waals surface area contributed by atoms with Crippen molar-refractivity contribution in [1.29, 1.82) is 0 Å². The van der Waals surface area contributed by atoms with E-state index in [1.165, 1.54) is 0 Å². The number of hydrogen-bond donors (Lipinski definition) is 1. The first-order chi connectivity index (χ1) is 8.81. The van der Waals surface area contributed by atoms with Gasteiger partial charge in [0.2, 0.25) is 0 Å². The summed E-state index contributed by atoms with van der Waals surface area (Å²) in [6.07, 6.45) is 2.11. The number of aromatic nitrogens is 1. The molecule has 1 aromatic heterocycles. The van der Waals surface area contributed by atoms with E-state index in [0.29, 0.717) is 6.04 Å². The number of rotatable bonds is 2. The Bertz CT molecular complexity index is 552. The molecule has 1 aliphatic heterocycles. The van der Waals surface area contributed by atoms with Crippen molar-refractivity contribution in [2.45, 2.75) is 18.9 Å². The van der Waals surface area contributed by atoms with E-state index in [4.69, 9.17) is 4.74 Å². The minimum Gasteiger partial charge on any atom is -0.381 e. The van der Waals surface area contributed by atoms with Gasteiger partial charge < -0.3 is 10.1 Å². The van der Waals surface area contributed by atoms with Crippen molar-refractivity contribution in [2.24, 2.45) is 0 Å². The van der Waals surface area contributed by atoms with Crippen molar-refractivity contribution < 1.29 is 4.74 Å². The van der Waals surface area contributed by atoms with Gasteiger partial charge in [-0.25, -0.2) is 4.98 Å². The van der Waals surface area contributed by atoms with Crippen LogP contribution in [0.4, 0.5) is 5.82 Å². The van der Waals surface area contributed by atoms with E-state index in [2.05, 4.69) is 38.4 Å². The van der Waals surface area contributed by atoms with Crippen LogP contribution in [0.5, 0.6) is 0 Å². The van der Waals surface area contributed by atoms with E-state index >= 15 is 0 Å². The summed E-state index contributed by atoms with van der Waals surface area (Å²) in [7, 11) is 0. The topological polar surface area (TPSA) is 34.1 Å². The van der Waals surface area contributed by atoms with E-state index in [1.807, 2.05) is 18.2 Å². The fourth-order valence-electron chi connectivity index (χ4n) is 2.22. The van der Waals surface area contributed by atoms with Crippen LogP contribution in [0.15, 0.2) is 34.8 Å². The van der Waals surface area contributed by atoms with Crippen molar-refractivity contribution in [3.8, 4) is 0 Å². The number of nitrogens with zero attached hydrogens (tertiary/aromatic N) is 1. The number of fused-ring (bicyclic) bond motifs is 1. The van der Waals surface area contributed by atoms with Gasteiger partial charge in [0.15, 0.2) is 0 Å². The summed E-state index contributed by atoms with van der Waals surface area (Å²) in [6.45, 7) is 1.69. The van der Waals surface area contributed by atoms with E-state index in [-0.39, 0.29) is 0 Å². The summed E-state index contributed by atoms with van der Waals surface area (Å²) in [5, 5.41) is 4.65. The molecule has 0 amide bonds. The predicted octanol–water partition coefficient (Wildman–Crippen LogP) is 3.59. The molecule has 1 N–H and O–H groups in total. The van der Waals surface area contributed by atoms with Gasteiger partial charge >= 0.3 is 0 Å². The molecule has 1 fully saturated rings. The zero-order valence-electron chi connectivity index (χ0n) is 10.0. The van der Waals surface area contributed by atoms with Crippen LogP contribution in [0, 0.1) is 0 Å². The Balaban J connectivity index is 1.83. The van der Waals surface area contributed by atoms with Gasteiger partial charge in [-0.1, -0.05) is 22.0 Å². The molecule has 0 saturated carbocycles. The average molecular weight is 307 g/mol. The highest BCUT2D eigenvalue weighted by atomic mass is 79.9. The number of hydrogen-bond acceptors (Lipinski definition) is 3. The van der Waals surface area contributed by atoms with E-state index < -0.39 is 0 Å². The number of pyridine rings is 1. The van der Waals surface area contributed by atoms with Gasteiger partial charge in [0, 0.05) is 29.1 Å². The third kappa shape index (κ3) is 2.65. The first-order valence-electron chi connectivity index (χ1n) is 6.22. The molecule has 0 spiro atoms. The van der Waals surface area contributed by atoms with Gasteiger partial charge in [-0.3, -0.25) is 0 Å². The largest absolute Gasteiger partial charge is 0.381 e. The van der Waals surface area contributed by atoms with Gasteiger partial charge in [-0.15, -0.1) is 0 Å². The molecule has 18 heavy (non-hydrogen) atoms. The van der Waals surface area contributed by atoms with Crippen LogP contribution in [0.3, 0.4) is 0 Å². The Morgan fingerprint density at radius 3 is 2.78 bits per heavy atom. The zero-order valence-corrected chi connectivity index (χ0v) is 11.6. The SMILES string of the molecule is Brc1ccc2ccc(NC3CCOCC3)nc2c1. The summed E-state index contributed by atoms with van der Waals surface area (Å²) < 4.78 is 6.42. The zero-order chi connectivity index (χ0) is 12.4. The van der Waals surface area contributed by atoms with Crippen LogP contribution < -0.4 is 5.32 Å². The molecule has 0 bridgehead atoms. The lowest BCUT2D eigenvalue weighted by atomic mass is 10.1. The fourth-order valence-corrected chi connectivity index (χ4v) is 2.57.